The van der Waals surface area contributed by atoms with Gasteiger partial charge in [0.25, 0.3) is 0 Å². The van der Waals surface area contributed by atoms with Gasteiger partial charge in [-0.25, -0.2) is 8.78 Å². The second-order valence-electron chi connectivity index (χ2n) is 9.22. The van der Waals surface area contributed by atoms with Crippen LogP contribution < -0.4 is 0 Å². The van der Waals surface area contributed by atoms with Crippen LogP contribution >= 0.6 is 0 Å². The smallest absolute Gasteiger partial charge is 0.130 e. The molecule has 0 aromatic heterocycles. The fraction of sp³-hybridized carbons (Fsp3) is 1.00. The van der Waals surface area contributed by atoms with Gasteiger partial charge in [0.05, 0.1) is 12.2 Å². The van der Waals surface area contributed by atoms with Crippen molar-refractivity contribution in [3.63, 3.8) is 0 Å². The van der Waals surface area contributed by atoms with Gasteiger partial charge in [0, 0.05) is 0 Å². The first kappa shape index (κ1) is 18.6. The first-order chi connectivity index (χ1) is 11.4. The number of alkyl halides is 2. The summed E-state index contributed by atoms with van der Waals surface area (Å²) in [5.41, 5.74) is 0. The fourth-order valence-electron chi connectivity index (χ4n) is 5.74. The lowest BCUT2D eigenvalue weighted by molar-refractivity contribution is -0.0926. The maximum atomic E-state index is 15.4. The molecule has 3 rings (SSSR count). The summed E-state index contributed by atoms with van der Waals surface area (Å²) in [4.78, 5) is 0. The fourth-order valence-corrected chi connectivity index (χ4v) is 5.74. The first-order valence-electron chi connectivity index (χ1n) is 10.4. The van der Waals surface area contributed by atoms with Gasteiger partial charge in [-0.1, -0.05) is 40.5 Å². The normalized spacial score (nSPS) is 46.6. The molecule has 1 saturated heterocycles. The van der Waals surface area contributed by atoms with Crippen LogP contribution in [0.3, 0.4) is 0 Å². The molecule has 1 nitrogen and oxygen atoms in total. The molecule has 3 aliphatic rings. The van der Waals surface area contributed by atoms with Crippen molar-refractivity contribution in [2.45, 2.75) is 97.2 Å². The number of hydrogen-bond acceptors (Lipinski definition) is 1. The van der Waals surface area contributed by atoms with Crippen LogP contribution in [0.5, 0.6) is 0 Å². The number of fused-ring (bicyclic) bond motifs is 3. The van der Waals surface area contributed by atoms with Gasteiger partial charge in [-0.3, -0.25) is 0 Å². The summed E-state index contributed by atoms with van der Waals surface area (Å²) in [5.74, 6) is 1.83. The van der Waals surface area contributed by atoms with E-state index in [1.807, 2.05) is 6.92 Å². The van der Waals surface area contributed by atoms with Gasteiger partial charge in [-0.05, 0) is 67.6 Å². The minimum Gasteiger partial charge on any atom is -0.368 e. The summed E-state index contributed by atoms with van der Waals surface area (Å²) in [7, 11) is 0. The zero-order valence-electron chi connectivity index (χ0n) is 15.9. The summed E-state index contributed by atoms with van der Waals surface area (Å²) in [6.45, 7) is 8.65. The average molecular weight is 343 g/mol. The van der Waals surface area contributed by atoms with Crippen LogP contribution in [-0.4, -0.2) is 24.6 Å². The summed E-state index contributed by atoms with van der Waals surface area (Å²) >= 11 is 0. The zero-order chi connectivity index (χ0) is 17.4. The van der Waals surface area contributed by atoms with Crippen LogP contribution in [0.4, 0.5) is 8.78 Å². The quantitative estimate of drug-likeness (QED) is 0.598. The molecule has 3 fully saturated rings. The van der Waals surface area contributed by atoms with E-state index >= 15 is 4.39 Å². The minimum atomic E-state index is -0.900. The molecular formula is C21H36F2O. The largest absolute Gasteiger partial charge is 0.368 e. The Morgan fingerprint density at radius 1 is 0.917 bits per heavy atom. The Kier molecular flexibility index (Phi) is 5.89. The lowest BCUT2D eigenvalue weighted by Gasteiger charge is -2.40. The van der Waals surface area contributed by atoms with E-state index in [4.69, 9.17) is 4.74 Å². The van der Waals surface area contributed by atoms with E-state index in [1.54, 1.807) is 0 Å². The molecule has 3 heteroatoms. The second kappa shape index (κ2) is 7.60. The summed E-state index contributed by atoms with van der Waals surface area (Å²) < 4.78 is 36.0. The van der Waals surface area contributed by atoms with Gasteiger partial charge in [0.15, 0.2) is 0 Å². The molecule has 0 amide bonds. The van der Waals surface area contributed by atoms with Gasteiger partial charge in [-0.15, -0.1) is 0 Å². The van der Waals surface area contributed by atoms with Crippen molar-refractivity contribution in [3.05, 3.63) is 0 Å². The predicted molar refractivity (Wildman–Crippen MR) is 94.4 cm³/mol. The lowest BCUT2D eigenvalue weighted by atomic mass is 9.65. The van der Waals surface area contributed by atoms with Crippen molar-refractivity contribution in [1.29, 1.82) is 0 Å². The molecular weight excluding hydrogens is 306 g/mol. The second-order valence-corrected chi connectivity index (χ2v) is 9.22. The maximum absolute atomic E-state index is 15.4. The van der Waals surface area contributed by atoms with Gasteiger partial charge in [-0.2, -0.15) is 0 Å². The highest BCUT2D eigenvalue weighted by molar-refractivity contribution is 5.04. The highest BCUT2D eigenvalue weighted by Gasteiger charge is 2.56. The highest BCUT2D eigenvalue weighted by atomic mass is 19.1. The van der Waals surface area contributed by atoms with Crippen molar-refractivity contribution in [2.75, 3.05) is 0 Å². The molecule has 0 spiro atoms. The number of ether oxygens (including phenoxy) is 1. The van der Waals surface area contributed by atoms with Crippen molar-refractivity contribution >= 4 is 0 Å². The molecule has 9 atom stereocenters. The van der Waals surface area contributed by atoms with E-state index < -0.39 is 12.3 Å². The molecule has 9 unspecified atom stereocenters. The van der Waals surface area contributed by atoms with E-state index in [0.29, 0.717) is 11.8 Å². The van der Waals surface area contributed by atoms with Gasteiger partial charge < -0.3 is 4.74 Å². The average Bonchev–Trinajstić information content (AvgIpc) is 2.93. The molecule has 0 aromatic carbocycles. The van der Waals surface area contributed by atoms with Gasteiger partial charge in [0.2, 0.25) is 0 Å². The first-order valence-corrected chi connectivity index (χ1v) is 10.4. The standard InChI is InChI=1S/C21H36F2O/c1-5-14(8-6-12(2)3)15-10-11-17-16-9-7-13(4)18(22)20(16)24-21(17)19(15)23/h12-21H,5-11H2,1-4H3. The van der Waals surface area contributed by atoms with E-state index in [2.05, 4.69) is 20.8 Å². The van der Waals surface area contributed by atoms with Crippen LogP contribution in [-0.2, 0) is 4.74 Å². The third-order valence-electron chi connectivity index (χ3n) is 7.32. The number of halogens is 2. The Morgan fingerprint density at radius 3 is 2.17 bits per heavy atom. The Balaban J connectivity index is 1.68. The van der Waals surface area contributed by atoms with Crippen molar-refractivity contribution in [3.8, 4) is 0 Å². The maximum Gasteiger partial charge on any atom is 0.130 e. The van der Waals surface area contributed by atoms with E-state index in [1.165, 1.54) is 6.42 Å². The molecule has 24 heavy (non-hydrogen) atoms. The van der Waals surface area contributed by atoms with E-state index in [0.717, 1.165) is 38.5 Å². The van der Waals surface area contributed by atoms with Gasteiger partial charge >= 0.3 is 0 Å². The monoisotopic (exact) mass is 342 g/mol. The predicted octanol–water partition coefficient (Wildman–Crippen LogP) is 5.96. The van der Waals surface area contributed by atoms with E-state index in [-0.39, 0.29) is 35.9 Å². The zero-order valence-corrected chi connectivity index (χ0v) is 15.9. The molecule has 140 valence electrons. The van der Waals surface area contributed by atoms with Crippen LogP contribution in [0.25, 0.3) is 0 Å². The molecule has 0 aromatic rings. The molecule has 1 heterocycles. The Morgan fingerprint density at radius 2 is 1.54 bits per heavy atom. The van der Waals surface area contributed by atoms with Crippen LogP contribution in [0.15, 0.2) is 0 Å². The molecule has 0 bridgehead atoms. The number of hydrogen-bond donors (Lipinski definition) is 0. The summed E-state index contributed by atoms with van der Waals surface area (Å²) in [5, 5.41) is 0. The third-order valence-corrected chi connectivity index (χ3v) is 7.32. The molecule has 0 N–H and O–H groups in total. The van der Waals surface area contributed by atoms with Crippen LogP contribution in [0.1, 0.15) is 72.6 Å². The molecule has 2 aliphatic carbocycles. The van der Waals surface area contributed by atoms with Crippen LogP contribution in [0, 0.1) is 35.5 Å². The topological polar surface area (TPSA) is 9.23 Å². The summed E-state index contributed by atoms with van der Waals surface area (Å²) in [6, 6.07) is 0. The van der Waals surface area contributed by atoms with Crippen molar-refractivity contribution in [2.24, 2.45) is 35.5 Å². The third kappa shape index (κ3) is 3.39. The van der Waals surface area contributed by atoms with Gasteiger partial charge in [0.1, 0.15) is 12.3 Å². The van der Waals surface area contributed by atoms with Crippen molar-refractivity contribution < 1.29 is 13.5 Å². The minimum absolute atomic E-state index is 0.0645. The van der Waals surface area contributed by atoms with Crippen molar-refractivity contribution in [1.82, 2.24) is 0 Å². The Hall–Kier alpha value is -0.180. The summed E-state index contributed by atoms with van der Waals surface area (Å²) in [6.07, 6.45) is 4.83. The SMILES string of the molecule is CCC(CCC(C)C)C1CCC2C3CCC(C)C(F)C3OC2C1F. The van der Waals surface area contributed by atoms with Crippen LogP contribution in [0.2, 0.25) is 0 Å². The Bertz CT molecular complexity index is 413. The lowest BCUT2D eigenvalue weighted by Crippen LogP contribution is -2.43. The number of rotatable bonds is 5. The molecule has 0 radical (unpaired) electrons. The highest BCUT2D eigenvalue weighted by Crippen LogP contribution is 2.52. The van der Waals surface area contributed by atoms with E-state index in [9.17, 15) is 4.39 Å². The Labute approximate surface area is 146 Å². The molecule has 2 saturated carbocycles. The molecule has 1 aliphatic heterocycles.